The van der Waals surface area contributed by atoms with Gasteiger partial charge < -0.3 is 5.32 Å². The maximum Gasteiger partial charge on any atom is 0.225 e. The fourth-order valence-electron chi connectivity index (χ4n) is 2.13. The molecule has 1 aromatic carbocycles. The second-order valence-corrected chi connectivity index (χ2v) is 5.63. The molecule has 0 spiro atoms. The predicted octanol–water partition coefficient (Wildman–Crippen LogP) is 3.14. The molecule has 0 unspecified atom stereocenters. The largest absolute Gasteiger partial charge is 0.311 e. The van der Waals surface area contributed by atoms with Gasteiger partial charge in [-0.15, -0.1) is 0 Å². The second kappa shape index (κ2) is 7.54. The maximum absolute atomic E-state index is 12.0. The maximum atomic E-state index is 12.0. The van der Waals surface area contributed by atoms with Crippen LogP contribution in [0.15, 0.2) is 42.6 Å². The number of hydrogen-bond acceptors (Lipinski definition) is 3. The Bertz CT molecular complexity index is 632. The molecule has 5 heteroatoms. The molecular formula is C17H21N3O2. The van der Waals surface area contributed by atoms with E-state index in [1.165, 1.54) is 0 Å². The third-order valence-electron chi connectivity index (χ3n) is 3.20. The van der Waals surface area contributed by atoms with Gasteiger partial charge in [-0.2, -0.15) is 5.10 Å². The number of rotatable bonds is 7. The Morgan fingerprint density at radius 1 is 1.14 bits per heavy atom. The van der Waals surface area contributed by atoms with Gasteiger partial charge in [-0.05, 0) is 5.92 Å². The Balaban J connectivity index is 1.86. The van der Waals surface area contributed by atoms with E-state index in [4.69, 9.17) is 0 Å². The Labute approximate surface area is 130 Å². The molecule has 22 heavy (non-hydrogen) atoms. The van der Waals surface area contributed by atoms with E-state index in [0.29, 0.717) is 17.3 Å². The first-order valence-electron chi connectivity index (χ1n) is 7.46. The standard InChI is InChI=1S/C17H21N3O2/c1-13(2)12-20-16(10-11-18-20)19-17(22)9-8-15(21)14-6-4-3-5-7-14/h3-7,10-11,13H,8-9,12H2,1-2H3,(H,19,22). The third-order valence-corrected chi connectivity index (χ3v) is 3.20. The summed E-state index contributed by atoms with van der Waals surface area (Å²) in [5, 5.41) is 7.00. The molecule has 0 saturated heterocycles. The van der Waals surface area contributed by atoms with E-state index in [-0.39, 0.29) is 24.5 Å². The number of Topliss-reactive ketones (excluding diaryl/α,β-unsaturated/α-hetero) is 1. The quantitative estimate of drug-likeness (QED) is 0.799. The molecule has 2 rings (SSSR count). The Hall–Kier alpha value is -2.43. The summed E-state index contributed by atoms with van der Waals surface area (Å²) in [6.07, 6.45) is 2.03. The van der Waals surface area contributed by atoms with Gasteiger partial charge in [-0.1, -0.05) is 44.2 Å². The van der Waals surface area contributed by atoms with Crippen molar-refractivity contribution in [2.24, 2.45) is 5.92 Å². The summed E-state index contributed by atoms with van der Waals surface area (Å²) in [4.78, 5) is 23.9. The highest BCUT2D eigenvalue weighted by Crippen LogP contribution is 2.11. The van der Waals surface area contributed by atoms with Crippen LogP contribution in [0.2, 0.25) is 0 Å². The second-order valence-electron chi connectivity index (χ2n) is 5.63. The lowest BCUT2D eigenvalue weighted by atomic mass is 10.1. The van der Waals surface area contributed by atoms with Crippen molar-refractivity contribution in [3.63, 3.8) is 0 Å². The summed E-state index contributed by atoms with van der Waals surface area (Å²) in [5.74, 6) is 0.919. The topological polar surface area (TPSA) is 64.0 Å². The molecule has 0 radical (unpaired) electrons. The van der Waals surface area contributed by atoms with Crippen LogP contribution in [0.1, 0.15) is 37.0 Å². The van der Waals surface area contributed by atoms with Gasteiger partial charge in [0.1, 0.15) is 5.82 Å². The van der Waals surface area contributed by atoms with E-state index < -0.39 is 0 Å². The number of carbonyl (C=O) groups is 2. The van der Waals surface area contributed by atoms with Crippen molar-refractivity contribution >= 4 is 17.5 Å². The molecule has 1 aromatic heterocycles. The first-order valence-corrected chi connectivity index (χ1v) is 7.46. The fourth-order valence-corrected chi connectivity index (χ4v) is 2.13. The van der Waals surface area contributed by atoms with Gasteiger partial charge in [0.05, 0.1) is 6.20 Å². The molecule has 0 fully saturated rings. The first kappa shape index (κ1) is 15.9. The van der Waals surface area contributed by atoms with Crippen LogP contribution >= 0.6 is 0 Å². The van der Waals surface area contributed by atoms with Gasteiger partial charge in [0.2, 0.25) is 5.91 Å². The average molecular weight is 299 g/mol. The van der Waals surface area contributed by atoms with Crippen molar-refractivity contribution in [3.05, 3.63) is 48.2 Å². The van der Waals surface area contributed by atoms with Crippen molar-refractivity contribution < 1.29 is 9.59 Å². The molecule has 1 N–H and O–H groups in total. The van der Waals surface area contributed by atoms with Crippen molar-refractivity contribution in [3.8, 4) is 0 Å². The van der Waals surface area contributed by atoms with Crippen molar-refractivity contribution in [2.45, 2.75) is 33.2 Å². The van der Waals surface area contributed by atoms with Gasteiger partial charge in [0.15, 0.2) is 5.78 Å². The summed E-state index contributed by atoms with van der Waals surface area (Å²) in [6, 6.07) is 10.8. The van der Waals surface area contributed by atoms with Crippen LogP contribution in [0.25, 0.3) is 0 Å². The lowest BCUT2D eigenvalue weighted by Crippen LogP contribution is -2.18. The number of aromatic nitrogens is 2. The fraction of sp³-hybridized carbons (Fsp3) is 0.353. The van der Waals surface area contributed by atoms with Gasteiger partial charge in [0.25, 0.3) is 0 Å². The summed E-state index contributed by atoms with van der Waals surface area (Å²) in [7, 11) is 0. The minimum atomic E-state index is -0.171. The number of carbonyl (C=O) groups excluding carboxylic acids is 2. The SMILES string of the molecule is CC(C)Cn1nccc1NC(=O)CCC(=O)c1ccccc1. The highest BCUT2D eigenvalue weighted by Gasteiger charge is 2.11. The summed E-state index contributed by atoms with van der Waals surface area (Å²) < 4.78 is 1.77. The molecule has 5 nitrogen and oxygen atoms in total. The summed E-state index contributed by atoms with van der Waals surface area (Å²) in [5.41, 5.74) is 0.639. The van der Waals surface area contributed by atoms with Crippen LogP contribution in [0.5, 0.6) is 0 Å². The zero-order valence-corrected chi connectivity index (χ0v) is 13.0. The van der Waals surface area contributed by atoms with E-state index in [0.717, 1.165) is 6.54 Å². The highest BCUT2D eigenvalue weighted by molar-refractivity contribution is 5.99. The molecule has 0 aliphatic carbocycles. The summed E-state index contributed by atoms with van der Waals surface area (Å²) >= 11 is 0. The van der Waals surface area contributed by atoms with Gasteiger partial charge in [-0.3, -0.25) is 9.59 Å². The molecule has 116 valence electrons. The van der Waals surface area contributed by atoms with Gasteiger partial charge in [-0.25, -0.2) is 4.68 Å². The van der Waals surface area contributed by atoms with Crippen molar-refractivity contribution in [1.82, 2.24) is 9.78 Å². The van der Waals surface area contributed by atoms with Crippen LogP contribution in [0, 0.1) is 5.92 Å². The lowest BCUT2D eigenvalue weighted by Gasteiger charge is -2.10. The monoisotopic (exact) mass is 299 g/mol. The van der Waals surface area contributed by atoms with Crippen LogP contribution in [-0.4, -0.2) is 21.5 Å². The van der Waals surface area contributed by atoms with Crippen molar-refractivity contribution in [2.75, 3.05) is 5.32 Å². The van der Waals surface area contributed by atoms with Gasteiger partial charge >= 0.3 is 0 Å². The molecule has 0 bridgehead atoms. The predicted molar refractivity (Wildman–Crippen MR) is 85.7 cm³/mol. The molecule has 0 aliphatic heterocycles. The van der Waals surface area contributed by atoms with Crippen molar-refractivity contribution in [1.29, 1.82) is 0 Å². The number of hydrogen-bond donors (Lipinski definition) is 1. The molecule has 0 aliphatic rings. The van der Waals surface area contributed by atoms with E-state index >= 15 is 0 Å². The molecule has 0 saturated carbocycles. The van der Waals surface area contributed by atoms with E-state index in [9.17, 15) is 9.59 Å². The number of nitrogens with zero attached hydrogens (tertiary/aromatic N) is 2. The molecule has 1 amide bonds. The first-order chi connectivity index (χ1) is 10.6. The lowest BCUT2D eigenvalue weighted by molar-refractivity contribution is -0.116. The van der Waals surface area contributed by atoms with E-state index in [1.807, 2.05) is 18.2 Å². The minimum absolute atomic E-state index is 0.0218. The normalized spacial score (nSPS) is 10.7. The van der Waals surface area contributed by atoms with Crippen LogP contribution in [-0.2, 0) is 11.3 Å². The highest BCUT2D eigenvalue weighted by atomic mass is 16.2. The zero-order valence-electron chi connectivity index (χ0n) is 13.0. The Kier molecular flexibility index (Phi) is 5.47. The third kappa shape index (κ3) is 4.55. The minimum Gasteiger partial charge on any atom is -0.311 e. The Morgan fingerprint density at radius 3 is 2.55 bits per heavy atom. The average Bonchev–Trinajstić information content (AvgIpc) is 2.92. The van der Waals surface area contributed by atoms with Crippen LogP contribution < -0.4 is 5.32 Å². The molecule has 2 aromatic rings. The smallest absolute Gasteiger partial charge is 0.225 e. The zero-order chi connectivity index (χ0) is 15.9. The molecular weight excluding hydrogens is 278 g/mol. The van der Waals surface area contributed by atoms with E-state index in [1.54, 1.807) is 29.1 Å². The van der Waals surface area contributed by atoms with Crippen LogP contribution in [0.3, 0.4) is 0 Å². The van der Waals surface area contributed by atoms with Gasteiger partial charge in [0, 0.05) is 31.0 Å². The van der Waals surface area contributed by atoms with Crippen LogP contribution in [0.4, 0.5) is 5.82 Å². The number of amides is 1. The van der Waals surface area contributed by atoms with E-state index in [2.05, 4.69) is 24.3 Å². The molecule has 0 atom stereocenters. The Morgan fingerprint density at radius 2 is 1.86 bits per heavy atom. The summed E-state index contributed by atoms with van der Waals surface area (Å²) in [6.45, 7) is 4.92. The number of anilines is 1. The number of ketones is 1. The molecule has 1 heterocycles. The number of nitrogens with one attached hydrogen (secondary N) is 1. The number of benzene rings is 1.